The summed E-state index contributed by atoms with van der Waals surface area (Å²) in [5.41, 5.74) is 2.30. The molecule has 202 valence electrons. The number of aryl methyl sites for hydroxylation is 1. The van der Waals surface area contributed by atoms with Crippen LogP contribution >= 0.6 is 11.3 Å². The van der Waals surface area contributed by atoms with E-state index in [1.165, 1.54) is 35.7 Å². The van der Waals surface area contributed by atoms with Gasteiger partial charge in [0.15, 0.2) is 5.82 Å². The van der Waals surface area contributed by atoms with Crippen molar-refractivity contribution >= 4 is 39.8 Å². The van der Waals surface area contributed by atoms with Crippen molar-refractivity contribution in [3.63, 3.8) is 0 Å². The molecular formula is C27H24N8O4S. The Morgan fingerprint density at radius 2 is 1.77 bits per heavy atom. The minimum atomic E-state index is -0.680. The van der Waals surface area contributed by atoms with E-state index in [-0.39, 0.29) is 24.6 Å². The molecule has 12 nitrogen and oxygen atoms in total. The first-order chi connectivity index (χ1) is 19.4. The highest BCUT2D eigenvalue weighted by Crippen LogP contribution is 2.34. The molecule has 0 atom stereocenters. The maximum Gasteiger partial charge on any atom is 0.295 e. The lowest BCUT2D eigenvalue weighted by Gasteiger charge is -2.34. The molecule has 4 aromatic heterocycles. The highest BCUT2D eigenvalue weighted by atomic mass is 32.1. The zero-order valence-corrected chi connectivity index (χ0v) is 22.5. The fraction of sp³-hybridized carbons (Fsp3) is 0.222. The molecule has 0 radical (unpaired) electrons. The summed E-state index contributed by atoms with van der Waals surface area (Å²) in [6.45, 7) is 3.09. The maximum atomic E-state index is 13.5. The van der Waals surface area contributed by atoms with Gasteiger partial charge in [0.1, 0.15) is 17.1 Å². The Morgan fingerprint density at radius 1 is 1.02 bits per heavy atom. The zero-order valence-electron chi connectivity index (χ0n) is 21.7. The van der Waals surface area contributed by atoms with Crippen LogP contribution in [0.1, 0.15) is 25.7 Å². The largest absolute Gasteiger partial charge is 0.494 e. The number of H-pyrrole nitrogens is 2. The van der Waals surface area contributed by atoms with Crippen LogP contribution in [0.15, 0.2) is 48.1 Å². The predicted octanol–water partition coefficient (Wildman–Crippen LogP) is 2.96. The summed E-state index contributed by atoms with van der Waals surface area (Å²) in [5.74, 6) is -0.285. The number of hydrogen-bond donors (Lipinski definition) is 2. The fourth-order valence-corrected chi connectivity index (χ4v) is 5.31. The molecule has 1 saturated heterocycles. The van der Waals surface area contributed by atoms with E-state index < -0.39 is 11.7 Å². The van der Waals surface area contributed by atoms with Gasteiger partial charge in [-0.05, 0) is 19.1 Å². The number of nitrogens with one attached hydrogen (secondary N) is 2. The standard InChI is InChI=1S/C27H24N8O4S/c1-15-30-18(14-40-15)24-31-25(33-32-24)22-21-20(19(39-2)13-29-22)17(12-28-21)23(36)27(38)35-10-8-34(9-11-35)26(37)16-6-4-3-5-7-16/h3-7,12-14,28H,8-11H2,1-2H3,(H,31,32,33). The molecule has 6 rings (SSSR count). The van der Waals surface area contributed by atoms with Gasteiger partial charge in [0.2, 0.25) is 5.82 Å². The van der Waals surface area contributed by atoms with Gasteiger partial charge in [-0.1, -0.05) is 18.2 Å². The van der Waals surface area contributed by atoms with Crippen LogP contribution in [0.25, 0.3) is 33.9 Å². The van der Waals surface area contributed by atoms with Crippen LogP contribution in [0.3, 0.4) is 0 Å². The van der Waals surface area contributed by atoms with Crippen LogP contribution in [0.4, 0.5) is 0 Å². The quantitative estimate of drug-likeness (QED) is 0.239. The van der Waals surface area contributed by atoms with E-state index in [4.69, 9.17) is 4.74 Å². The molecule has 1 fully saturated rings. The molecule has 13 heteroatoms. The summed E-state index contributed by atoms with van der Waals surface area (Å²) in [7, 11) is 1.47. The second kappa shape index (κ2) is 10.3. The Bertz CT molecular complexity index is 1730. The summed E-state index contributed by atoms with van der Waals surface area (Å²) >= 11 is 1.50. The van der Waals surface area contributed by atoms with E-state index in [2.05, 4.69) is 30.1 Å². The van der Waals surface area contributed by atoms with Crippen LogP contribution in [-0.2, 0) is 4.79 Å². The van der Waals surface area contributed by atoms with Gasteiger partial charge in [-0.25, -0.2) is 15.0 Å². The number of piperazine rings is 1. The van der Waals surface area contributed by atoms with Gasteiger partial charge in [-0.15, -0.1) is 11.3 Å². The number of nitrogens with zero attached hydrogens (tertiary/aromatic N) is 6. The smallest absolute Gasteiger partial charge is 0.295 e. The lowest BCUT2D eigenvalue weighted by Crippen LogP contribution is -2.52. The molecule has 0 spiro atoms. The van der Waals surface area contributed by atoms with Gasteiger partial charge in [0.25, 0.3) is 17.6 Å². The average Bonchev–Trinajstić information content (AvgIpc) is 3.76. The lowest BCUT2D eigenvalue weighted by atomic mass is 10.1. The predicted molar refractivity (Wildman–Crippen MR) is 147 cm³/mol. The lowest BCUT2D eigenvalue weighted by molar-refractivity contribution is -0.127. The van der Waals surface area contributed by atoms with Crippen LogP contribution in [-0.4, -0.2) is 90.8 Å². The molecule has 0 unspecified atom stereocenters. The minimum absolute atomic E-state index is 0.0964. The van der Waals surface area contributed by atoms with Crippen molar-refractivity contribution in [1.82, 2.24) is 39.9 Å². The normalized spacial score (nSPS) is 13.6. The minimum Gasteiger partial charge on any atom is -0.494 e. The number of aromatic amines is 2. The number of pyridine rings is 1. The van der Waals surface area contributed by atoms with Crippen molar-refractivity contribution in [2.24, 2.45) is 0 Å². The zero-order chi connectivity index (χ0) is 27.8. The summed E-state index contributed by atoms with van der Waals surface area (Å²) in [6.07, 6.45) is 2.96. The molecule has 0 bridgehead atoms. The van der Waals surface area contributed by atoms with Crippen LogP contribution in [0.5, 0.6) is 5.75 Å². The van der Waals surface area contributed by atoms with Gasteiger partial charge >= 0.3 is 0 Å². The Kier molecular flexibility index (Phi) is 6.56. The number of rotatable bonds is 6. The third kappa shape index (κ3) is 4.49. The Morgan fingerprint density at radius 3 is 2.48 bits per heavy atom. The number of ketones is 1. The fourth-order valence-electron chi connectivity index (χ4n) is 4.71. The Labute approximate surface area is 232 Å². The van der Waals surface area contributed by atoms with Crippen molar-refractivity contribution in [3.05, 3.63) is 64.2 Å². The van der Waals surface area contributed by atoms with E-state index in [9.17, 15) is 14.4 Å². The second-order valence-corrected chi connectivity index (χ2v) is 10.2. The number of benzene rings is 1. The summed E-state index contributed by atoms with van der Waals surface area (Å²) in [4.78, 5) is 59.1. The van der Waals surface area contributed by atoms with Crippen LogP contribution in [0, 0.1) is 6.92 Å². The topological polar surface area (TPSA) is 150 Å². The van der Waals surface area contributed by atoms with Crippen molar-refractivity contribution < 1.29 is 19.1 Å². The van der Waals surface area contributed by atoms with Crippen molar-refractivity contribution in [2.75, 3.05) is 33.3 Å². The number of thiazole rings is 1. The molecule has 0 aliphatic carbocycles. The molecule has 40 heavy (non-hydrogen) atoms. The van der Waals surface area contributed by atoms with E-state index in [1.807, 2.05) is 30.5 Å². The molecule has 2 N–H and O–H groups in total. The number of carbonyl (C=O) groups is 3. The summed E-state index contributed by atoms with van der Waals surface area (Å²) < 4.78 is 5.49. The molecule has 1 aliphatic heterocycles. The van der Waals surface area contributed by atoms with Gasteiger partial charge in [0, 0.05) is 43.3 Å². The Balaban J connectivity index is 1.24. The molecule has 0 saturated carbocycles. The number of aromatic nitrogens is 6. The van der Waals surface area contributed by atoms with E-state index >= 15 is 0 Å². The van der Waals surface area contributed by atoms with Gasteiger partial charge in [-0.2, -0.15) is 5.10 Å². The average molecular weight is 557 g/mol. The van der Waals surface area contributed by atoms with Crippen LogP contribution in [0.2, 0.25) is 0 Å². The first-order valence-corrected chi connectivity index (χ1v) is 13.4. The highest BCUT2D eigenvalue weighted by molar-refractivity contribution is 7.09. The van der Waals surface area contributed by atoms with Gasteiger partial charge in [-0.3, -0.25) is 19.5 Å². The monoisotopic (exact) mass is 556 g/mol. The second-order valence-electron chi connectivity index (χ2n) is 9.17. The van der Waals surface area contributed by atoms with Gasteiger partial charge in [0.05, 0.1) is 34.8 Å². The third-order valence-corrected chi connectivity index (χ3v) is 7.54. The number of carbonyl (C=O) groups excluding carboxylic acids is 3. The molecule has 5 heterocycles. The first-order valence-electron chi connectivity index (χ1n) is 12.5. The van der Waals surface area contributed by atoms with Crippen molar-refractivity contribution in [3.8, 4) is 28.8 Å². The molecule has 1 aromatic carbocycles. The number of Topliss-reactive ketones (excluding diaryl/α,β-unsaturated/α-hetero) is 1. The highest BCUT2D eigenvalue weighted by Gasteiger charge is 2.31. The van der Waals surface area contributed by atoms with E-state index in [0.29, 0.717) is 58.3 Å². The SMILES string of the molecule is COc1cnc(-c2nc(-c3csc(C)n3)n[nH]2)c2[nH]cc(C(=O)C(=O)N3CCN(C(=O)c4ccccc4)CC3)c12. The molecular weight excluding hydrogens is 532 g/mol. The maximum absolute atomic E-state index is 13.5. The first kappa shape index (κ1) is 25.4. The van der Waals surface area contributed by atoms with Gasteiger partial charge < -0.3 is 19.5 Å². The molecule has 5 aromatic rings. The molecule has 1 aliphatic rings. The van der Waals surface area contributed by atoms with Crippen molar-refractivity contribution in [1.29, 1.82) is 0 Å². The number of methoxy groups -OCH3 is 1. The number of hydrogen-bond acceptors (Lipinski definition) is 9. The number of amides is 2. The van der Waals surface area contributed by atoms with E-state index in [1.54, 1.807) is 17.0 Å². The van der Waals surface area contributed by atoms with Crippen LogP contribution < -0.4 is 4.74 Å². The number of fused-ring (bicyclic) bond motifs is 1. The number of ether oxygens (including phenoxy) is 1. The summed E-state index contributed by atoms with van der Waals surface area (Å²) in [5, 5.41) is 10.3. The molecule has 2 amide bonds. The Hall–Kier alpha value is -4.91. The van der Waals surface area contributed by atoms with E-state index in [0.717, 1.165) is 5.01 Å². The third-order valence-electron chi connectivity index (χ3n) is 6.77. The van der Waals surface area contributed by atoms with Crippen molar-refractivity contribution in [2.45, 2.75) is 6.92 Å². The summed E-state index contributed by atoms with van der Waals surface area (Å²) in [6, 6.07) is 8.99.